The maximum Gasteiger partial charge on any atom is 0.0349 e. The predicted octanol–water partition coefficient (Wildman–Crippen LogP) is 4.84. The van der Waals surface area contributed by atoms with Gasteiger partial charge in [-0.05, 0) is 53.8 Å². The number of hydrogen-bond acceptors (Lipinski definition) is 2. The van der Waals surface area contributed by atoms with Gasteiger partial charge in [0.15, 0.2) is 0 Å². The zero-order chi connectivity index (χ0) is 13.4. The quantitative estimate of drug-likeness (QED) is 0.822. The molecule has 1 aromatic heterocycles. The van der Waals surface area contributed by atoms with Crippen LogP contribution in [-0.4, -0.2) is 6.04 Å². The van der Waals surface area contributed by atoms with E-state index in [9.17, 15) is 0 Å². The van der Waals surface area contributed by atoms with Gasteiger partial charge in [-0.25, -0.2) is 0 Å². The third-order valence-corrected chi connectivity index (χ3v) is 5.26. The average molecular weight is 273 g/mol. The van der Waals surface area contributed by atoms with Crippen LogP contribution in [0.5, 0.6) is 0 Å². The van der Waals surface area contributed by atoms with Gasteiger partial charge in [0.1, 0.15) is 0 Å². The van der Waals surface area contributed by atoms with Crippen molar-refractivity contribution in [2.24, 2.45) is 0 Å². The summed E-state index contributed by atoms with van der Waals surface area (Å²) in [7, 11) is 0. The first-order chi connectivity index (χ1) is 9.19. The number of benzene rings is 1. The molecule has 0 aliphatic heterocycles. The molecule has 19 heavy (non-hydrogen) atoms. The van der Waals surface area contributed by atoms with Crippen LogP contribution in [0.2, 0.25) is 0 Å². The van der Waals surface area contributed by atoms with Gasteiger partial charge in [-0.2, -0.15) is 0 Å². The lowest BCUT2D eigenvalue weighted by Crippen LogP contribution is -2.15. The lowest BCUT2D eigenvalue weighted by atomic mass is 9.99. The molecule has 3 rings (SSSR count). The second-order valence-electron chi connectivity index (χ2n) is 5.92. The van der Waals surface area contributed by atoms with Crippen LogP contribution < -0.4 is 5.32 Å². The molecule has 0 spiro atoms. The van der Waals surface area contributed by atoms with Crippen molar-refractivity contribution in [2.45, 2.75) is 58.5 Å². The van der Waals surface area contributed by atoms with Gasteiger partial charge < -0.3 is 5.32 Å². The molecule has 1 heterocycles. The Bertz CT molecular complexity index is 578. The molecule has 0 radical (unpaired) electrons. The first kappa shape index (κ1) is 13.1. The van der Waals surface area contributed by atoms with Gasteiger partial charge >= 0.3 is 0 Å². The molecule has 0 saturated heterocycles. The van der Waals surface area contributed by atoms with Gasteiger partial charge in [-0.1, -0.05) is 26.8 Å². The van der Waals surface area contributed by atoms with Crippen LogP contribution in [0.15, 0.2) is 18.2 Å². The van der Waals surface area contributed by atoms with Crippen LogP contribution in [0.25, 0.3) is 10.1 Å². The van der Waals surface area contributed by atoms with Gasteiger partial charge in [0.05, 0.1) is 0 Å². The lowest BCUT2D eigenvalue weighted by molar-refractivity contribution is 0.692. The summed E-state index contributed by atoms with van der Waals surface area (Å²) < 4.78 is 1.45. The highest BCUT2D eigenvalue weighted by molar-refractivity contribution is 7.19. The Kier molecular flexibility index (Phi) is 3.64. The maximum absolute atomic E-state index is 3.66. The van der Waals surface area contributed by atoms with Crippen LogP contribution in [-0.2, 0) is 13.0 Å². The van der Waals surface area contributed by atoms with Crippen molar-refractivity contribution < 1.29 is 0 Å². The number of hydrogen-bond donors (Lipinski definition) is 1. The van der Waals surface area contributed by atoms with E-state index in [4.69, 9.17) is 0 Å². The molecule has 0 bridgehead atoms. The van der Waals surface area contributed by atoms with E-state index in [1.54, 1.807) is 10.4 Å². The Morgan fingerprint density at radius 1 is 1.32 bits per heavy atom. The van der Waals surface area contributed by atoms with Crippen LogP contribution in [0, 0.1) is 0 Å². The van der Waals surface area contributed by atoms with E-state index in [2.05, 4.69) is 44.3 Å². The fourth-order valence-electron chi connectivity index (χ4n) is 2.63. The zero-order valence-corrected chi connectivity index (χ0v) is 12.9. The summed E-state index contributed by atoms with van der Waals surface area (Å²) in [5.74, 6) is 0.613. The molecule has 1 fully saturated rings. The highest BCUT2D eigenvalue weighted by atomic mass is 32.1. The van der Waals surface area contributed by atoms with E-state index in [-0.39, 0.29) is 0 Å². The van der Waals surface area contributed by atoms with Crippen molar-refractivity contribution >= 4 is 21.4 Å². The first-order valence-electron chi connectivity index (χ1n) is 7.46. The van der Waals surface area contributed by atoms with Crippen molar-refractivity contribution in [2.75, 3.05) is 0 Å². The highest BCUT2D eigenvalue weighted by Crippen LogP contribution is 2.34. The molecular weight excluding hydrogens is 250 g/mol. The van der Waals surface area contributed by atoms with Crippen molar-refractivity contribution in [3.05, 3.63) is 34.2 Å². The molecule has 102 valence electrons. The second-order valence-corrected chi connectivity index (χ2v) is 7.06. The van der Waals surface area contributed by atoms with Crippen LogP contribution in [0.3, 0.4) is 0 Å². The van der Waals surface area contributed by atoms with Crippen molar-refractivity contribution in [1.82, 2.24) is 5.32 Å². The third-order valence-electron chi connectivity index (χ3n) is 4.05. The first-order valence-corrected chi connectivity index (χ1v) is 8.28. The van der Waals surface area contributed by atoms with E-state index in [1.165, 1.54) is 28.5 Å². The Balaban J connectivity index is 1.97. The van der Waals surface area contributed by atoms with E-state index >= 15 is 0 Å². The van der Waals surface area contributed by atoms with E-state index in [0.717, 1.165) is 19.0 Å². The molecule has 1 N–H and O–H groups in total. The fourth-order valence-corrected chi connectivity index (χ4v) is 3.86. The summed E-state index contributed by atoms with van der Waals surface area (Å²) in [6.45, 7) is 7.89. The standard InChI is InChI=1S/C17H23NS/c1-4-14-15-9-12(11(2)3)5-8-16(15)19-17(14)10-18-13-6-7-13/h5,8-9,11,13,18H,4,6-7,10H2,1-3H3. The van der Waals surface area contributed by atoms with Gasteiger partial charge in [-0.15, -0.1) is 11.3 Å². The Hall–Kier alpha value is -0.860. The molecule has 1 aromatic carbocycles. The summed E-state index contributed by atoms with van der Waals surface area (Å²) in [6, 6.07) is 7.81. The zero-order valence-electron chi connectivity index (χ0n) is 12.1. The number of nitrogens with one attached hydrogen (secondary N) is 1. The van der Waals surface area contributed by atoms with Crippen molar-refractivity contribution in [3.63, 3.8) is 0 Å². The summed E-state index contributed by atoms with van der Waals surface area (Å²) in [6.07, 6.45) is 3.87. The number of rotatable bonds is 5. The van der Waals surface area contributed by atoms with E-state index in [0.29, 0.717) is 5.92 Å². The van der Waals surface area contributed by atoms with Crippen LogP contribution in [0.4, 0.5) is 0 Å². The summed E-state index contributed by atoms with van der Waals surface area (Å²) in [5.41, 5.74) is 3.03. The fraction of sp³-hybridized carbons (Fsp3) is 0.529. The number of thiophene rings is 1. The van der Waals surface area contributed by atoms with Crippen molar-refractivity contribution in [3.8, 4) is 0 Å². The molecule has 0 unspecified atom stereocenters. The predicted molar refractivity (Wildman–Crippen MR) is 85.2 cm³/mol. The summed E-state index contributed by atoms with van der Waals surface area (Å²) in [5, 5.41) is 5.15. The number of aryl methyl sites for hydroxylation is 1. The van der Waals surface area contributed by atoms with Gasteiger partial charge in [-0.3, -0.25) is 0 Å². The summed E-state index contributed by atoms with van der Waals surface area (Å²) >= 11 is 1.98. The third kappa shape index (κ3) is 2.70. The smallest absolute Gasteiger partial charge is 0.0349 e. The minimum atomic E-state index is 0.613. The maximum atomic E-state index is 3.66. The summed E-state index contributed by atoms with van der Waals surface area (Å²) in [4.78, 5) is 1.55. The van der Waals surface area contributed by atoms with Gasteiger partial charge in [0.25, 0.3) is 0 Å². The minimum Gasteiger partial charge on any atom is -0.309 e. The van der Waals surface area contributed by atoms with Gasteiger partial charge in [0.2, 0.25) is 0 Å². The Morgan fingerprint density at radius 2 is 2.11 bits per heavy atom. The molecule has 2 heteroatoms. The largest absolute Gasteiger partial charge is 0.309 e. The molecule has 1 aliphatic rings. The Labute approximate surface area is 120 Å². The molecule has 0 atom stereocenters. The molecule has 0 amide bonds. The van der Waals surface area contributed by atoms with Crippen molar-refractivity contribution in [1.29, 1.82) is 0 Å². The minimum absolute atomic E-state index is 0.613. The molecule has 2 aromatic rings. The SMILES string of the molecule is CCc1c(CNC2CC2)sc2ccc(C(C)C)cc12. The van der Waals surface area contributed by atoms with Crippen LogP contribution >= 0.6 is 11.3 Å². The molecular formula is C17H23NS. The van der Waals surface area contributed by atoms with Crippen LogP contribution in [0.1, 0.15) is 55.5 Å². The molecule has 1 saturated carbocycles. The lowest BCUT2D eigenvalue weighted by Gasteiger charge is -2.06. The van der Waals surface area contributed by atoms with Gasteiger partial charge in [0, 0.05) is 22.2 Å². The normalized spacial score (nSPS) is 15.6. The van der Waals surface area contributed by atoms with E-state index in [1.807, 2.05) is 11.3 Å². The second kappa shape index (κ2) is 5.26. The monoisotopic (exact) mass is 273 g/mol. The van der Waals surface area contributed by atoms with E-state index < -0.39 is 0 Å². The average Bonchev–Trinajstić information content (AvgIpc) is 3.16. The molecule has 1 nitrogen and oxygen atoms in total. The number of fused-ring (bicyclic) bond motifs is 1. The Morgan fingerprint density at radius 3 is 2.74 bits per heavy atom. The molecule has 1 aliphatic carbocycles. The topological polar surface area (TPSA) is 12.0 Å². The highest BCUT2D eigenvalue weighted by Gasteiger charge is 2.21.